The summed E-state index contributed by atoms with van der Waals surface area (Å²) in [6, 6.07) is 21.6. The van der Waals surface area contributed by atoms with Crippen LogP contribution < -0.4 is 10.6 Å². The largest absolute Gasteiger partial charge is 0.468 e. The van der Waals surface area contributed by atoms with Crippen molar-refractivity contribution < 1.29 is 18.5 Å². The summed E-state index contributed by atoms with van der Waals surface area (Å²) in [4.78, 5) is 12.3. The zero-order valence-electron chi connectivity index (χ0n) is 14.4. The minimum Gasteiger partial charge on any atom is -0.468 e. The number of benzene rings is 2. The topological polar surface area (TPSA) is 56.5 Å². The average Bonchev–Trinajstić information content (AvgIpc) is 3.22. The van der Waals surface area contributed by atoms with Gasteiger partial charge in [-0.15, -0.1) is 0 Å². The van der Waals surface area contributed by atoms with E-state index in [-0.39, 0.29) is 5.57 Å². The Bertz CT molecular complexity index is 887. The summed E-state index contributed by atoms with van der Waals surface area (Å²) in [5.41, 5.74) is -0.756. The quantitative estimate of drug-likeness (QED) is 0.375. The maximum absolute atomic E-state index is 14.5. The predicted molar refractivity (Wildman–Crippen MR) is 102 cm³/mol. The van der Waals surface area contributed by atoms with Gasteiger partial charge in [0.15, 0.2) is 7.14 Å². The van der Waals surface area contributed by atoms with E-state index in [9.17, 15) is 9.36 Å². The van der Waals surface area contributed by atoms with Crippen molar-refractivity contribution in [3.8, 4) is 0 Å². The standard InChI is InChI=1S/C21H19O4P/c1-16(21(22)24-2)20(19-14-9-15-25-19)26(23,17-10-5-3-6-11-17)18-12-7-4-8-13-18/h3-15,20H,1H2,2H3. The van der Waals surface area contributed by atoms with Crippen molar-refractivity contribution >= 4 is 23.7 Å². The number of hydrogen-bond donors (Lipinski definition) is 0. The van der Waals surface area contributed by atoms with Crippen LogP contribution in [0.2, 0.25) is 0 Å². The molecule has 2 aromatic carbocycles. The van der Waals surface area contributed by atoms with E-state index in [4.69, 9.17) is 9.15 Å². The monoisotopic (exact) mass is 366 g/mol. The Morgan fingerprint density at radius 2 is 1.50 bits per heavy atom. The van der Waals surface area contributed by atoms with Crippen LogP contribution in [0.15, 0.2) is 95.6 Å². The molecule has 0 fully saturated rings. The summed E-state index contributed by atoms with van der Waals surface area (Å²) in [6.45, 7) is 3.89. The molecule has 0 bridgehead atoms. The molecule has 0 aliphatic carbocycles. The normalized spacial score (nSPS) is 12.3. The van der Waals surface area contributed by atoms with Crippen molar-refractivity contribution in [3.05, 3.63) is 97.0 Å². The molecular formula is C21H19O4P. The number of carbonyl (C=O) groups excluding carboxylic acids is 1. The van der Waals surface area contributed by atoms with E-state index in [0.717, 1.165) is 0 Å². The second-order valence-electron chi connectivity index (χ2n) is 5.76. The van der Waals surface area contributed by atoms with Gasteiger partial charge in [-0.25, -0.2) is 4.79 Å². The number of furan rings is 1. The molecule has 4 nitrogen and oxygen atoms in total. The summed E-state index contributed by atoms with van der Waals surface area (Å²) < 4.78 is 25.0. The zero-order valence-corrected chi connectivity index (χ0v) is 15.3. The molecule has 1 atom stereocenters. The molecule has 0 saturated carbocycles. The van der Waals surface area contributed by atoms with Crippen molar-refractivity contribution in [2.24, 2.45) is 0 Å². The van der Waals surface area contributed by atoms with Crippen LogP contribution in [0.3, 0.4) is 0 Å². The zero-order chi connectivity index (χ0) is 18.6. The van der Waals surface area contributed by atoms with E-state index in [1.54, 1.807) is 36.4 Å². The molecule has 0 spiro atoms. The van der Waals surface area contributed by atoms with Crippen molar-refractivity contribution in [1.82, 2.24) is 0 Å². The van der Waals surface area contributed by atoms with Crippen LogP contribution >= 0.6 is 7.14 Å². The van der Waals surface area contributed by atoms with E-state index in [0.29, 0.717) is 16.4 Å². The highest BCUT2D eigenvalue weighted by atomic mass is 31.2. The second kappa shape index (κ2) is 7.59. The van der Waals surface area contributed by atoms with Crippen molar-refractivity contribution in [1.29, 1.82) is 0 Å². The Labute approximate surface area is 152 Å². The van der Waals surface area contributed by atoms with Crippen LogP contribution in [0.25, 0.3) is 0 Å². The summed E-state index contributed by atoms with van der Waals surface area (Å²) in [7, 11) is -2.06. The highest BCUT2D eigenvalue weighted by Gasteiger charge is 2.43. The molecule has 5 heteroatoms. The molecule has 0 aliphatic heterocycles. The fourth-order valence-electron chi connectivity index (χ4n) is 3.01. The third kappa shape index (κ3) is 3.16. The van der Waals surface area contributed by atoms with Crippen LogP contribution in [-0.4, -0.2) is 13.1 Å². The van der Waals surface area contributed by atoms with Crippen molar-refractivity contribution in [2.75, 3.05) is 7.11 Å². The highest BCUT2D eigenvalue weighted by Crippen LogP contribution is 2.60. The van der Waals surface area contributed by atoms with Gasteiger partial charge in [0.2, 0.25) is 0 Å². The minimum absolute atomic E-state index is 0.0958. The number of methoxy groups -OCH3 is 1. The Morgan fingerprint density at radius 3 is 1.92 bits per heavy atom. The van der Waals surface area contributed by atoms with Gasteiger partial charge in [-0.3, -0.25) is 0 Å². The lowest BCUT2D eigenvalue weighted by Gasteiger charge is -2.28. The van der Waals surface area contributed by atoms with Gasteiger partial charge in [-0.1, -0.05) is 67.2 Å². The molecule has 1 aromatic heterocycles. The number of carbonyl (C=O) groups is 1. The number of esters is 1. The van der Waals surface area contributed by atoms with Crippen LogP contribution in [0, 0.1) is 0 Å². The third-order valence-corrected chi connectivity index (χ3v) is 7.66. The Morgan fingerprint density at radius 1 is 0.962 bits per heavy atom. The molecule has 3 aromatic rings. The molecule has 132 valence electrons. The first-order chi connectivity index (χ1) is 12.6. The first kappa shape index (κ1) is 18.0. The van der Waals surface area contributed by atoms with E-state index in [1.807, 2.05) is 36.4 Å². The lowest BCUT2D eigenvalue weighted by Crippen LogP contribution is -2.24. The fraction of sp³-hybridized carbons (Fsp3) is 0.0952. The molecule has 0 amide bonds. The third-order valence-electron chi connectivity index (χ3n) is 4.23. The highest BCUT2D eigenvalue weighted by molar-refractivity contribution is 7.79. The summed E-state index contributed by atoms with van der Waals surface area (Å²) in [6.07, 6.45) is 1.49. The molecule has 26 heavy (non-hydrogen) atoms. The van der Waals surface area contributed by atoms with Gasteiger partial charge in [0.25, 0.3) is 0 Å². The SMILES string of the molecule is C=C(C(=O)OC)C(c1ccco1)P(=O)(c1ccccc1)c1ccccc1. The average molecular weight is 366 g/mol. The fourth-order valence-corrected chi connectivity index (χ4v) is 6.18. The lowest BCUT2D eigenvalue weighted by atomic mass is 10.2. The van der Waals surface area contributed by atoms with Crippen LogP contribution in [0.1, 0.15) is 11.4 Å². The molecule has 0 aliphatic rings. The van der Waals surface area contributed by atoms with Gasteiger partial charge in [-0.05, 0) is 12.1 Å². The second-order valence-corrected chi connectivity index (χ2v) is 8.63. The smallest absolute Gasteiger partial charge is 0.334 e. The summed E-state index contributed by atoms with van der Waals surface area (Å²) in [5.74, 6) is -0.199. The van der Waals surface area contributed by atoms with Crippen LogP contribution in [-0.2, 0) is 14.1 Å². The predicted octanol–water partition coefficient (Wildman–Crippen LogP) is 4.06. The Balaban J connectivity index is 2.29. The number of ether oxygens (including phenoxy) is 1. The molecule has 1 unspecified atom stereocenters. The molecule has 3 rings (SSSR count). The number of rotatable bonds is 6. The van der Waals surface area contributed by atoms with Gasteiger partial charge in [0.05, 0.1) is 13.4 Å². The molecule has 0 saturated heterocycles. The van der Waals surface area contributed by atoms with Crippen molar-refractivity contribution in [3.63, 3.8) is 0 Å². The molecule has 0 radical (unpaired) electrons. The van der Waals surface area contributed by atoms with Gasteiger partial charge in [0.1, 0.15) is 11.4 Å². The van der Waals surface area contributed by atoms with Gasteiger partial charge >= 0.3 is 5.97 Å². The van der Waals surface area contributed by atoms with Gasteiger partial charge in [-0.2, -0.15) is 0 Å². The maximum atomic E-state index is 14.5. The van der Waals surface area contributed by atoms with E-state index >= 15 is 0 Å². The van der Waals surface area contributed by atoms with E-state index in [2.05, 4.69) is 6.58 Å². The lowest BCUT2D eigenvalue weighted by molar-refractivity contribution is -0.136. The first-order valence-electron chi connectivity index (χ1n) is 8.10. The van der Waals surface area contributed by atoms with Crippen molar-refractivity contribution in [2.45, 2.75) is 5.66 Å². The van der Waals surface area contributed by atoms with Crippen LogP contribution in [0.4, 0.5) is 0 Å². The summed E-state index contributed by atoms with van der Waals surface area (Å²) in [5, 5.41) is 1.25. The molecule has 1 heterocycles. The molecular weight excluding hydrogens is 347 g/mol. The summed E-state index contributed by atoms with van der Waals surface area (Å²) >= 11 is 0. The maximum Gasteiger partial charge on any atom is 0.334 e. The van der Waals surface area contributed by atoms with E-state index < -0.39 is 18.8 Å². The van der Waals surface area contributed by atoms with Gasteiger partial charge in [0, 0.05) is 16.2 Å². The minimum atomic E-state index is -3.34. The Hall–Kier alpha value is -2.84. The van der Waals surface area contributed by atoms with Crippen LogP contribution in [0.5, 0.6) is 0 Å². The first-order valence-corrected chi connectivity index (χ1v) is 9.88. The number of hydrogen-bond acceptors (Lipinski definition) is 4. The Kier molecular flexibility index (Phi) is 5.24. The van der Waals surface area contributed by atoms with E-state index in [1.165, 1.54) is 13.4 Å². The molecule has 0 N–H and O–H groups in total. The van der Waals surface area contributed by atoms with Gasteiger partial charge < -0.3 is 13.7 Å².